The summed E-state index contributed by atoms with van der Waals surface area (Å²) in [7, 11) is -3.18. The number of aromatic nitrogens is 4. The summed E-state index contributed by atoms with van der Waals surface area (Å²) in [6, 6.07) is 5.83. The summed E-state index contributed by atoms with van der Waals surface area (Å²) >= 11 is 0. The summed E-state index contributed by atoms with van der Waals surface area (Å²) in [5.74, 6) is 1.51. The van der Waals surface area contributed by atoms with E-state index >= 15 is 0 Å². The Morgan fingerprint density at radius 1 is 1.28 bits per heavy atom. The van der Waals surface area contributed by atoms with Gasteiger partial charge in [0.1, 0.15) is 16.7 Å². The molecule has 0 radical (unpaired) electrons. The van der Waals surface area contributed by atoms with E-state index in [1.165, 1.54) is 0 Å². The number of fused-ring (bicyclic) bond motifs is 1. The molecule has 152 valence electrons. The molecule has 3 aromatic heterocycles. The second kappa shape index (κ2) is 7.07. The lowest BCUT2D eigenvalue weighted by Crippen LogP contribution is -2.44. The Kier molecular flexibility index (Phi) is 4.51. The predicted octanol–water partition coefficient (Wildman–Crippen LogP) is 2.49. The Bertz CT molecular complexity index is 1160. The monoisotopic (exact) mass is 413 g/mol. The van der Waals surface area contributed by atoms with Crippen LogP contribution in [0.15, 0.2) is 30.6 Å². The molecule has 2 saturated heterocycles. The molecular weight excluding hydrogens is 390 g/mol. The molecule has 0 aliphatic carbocycles. The van der Waals surface area contributed by atoms with Crippen molar-refractivity contribution in [3.05, 3.63) is 36.3 Å². The summed E-state index contributed by atoms with van der Waals surface area (Å²) in [6.07, 6.45) is 4.82. The lowest BCUT2D eigenvalue weighted by atomic mass is 10.1. The molecule has 5 heterocycles. The van der Waals surface area contributed by atoms with Crippen molar-refractivity contribution in [1.29, 1.82) is 0 Å². The molecule has 1 N–H and O–H groups in total. The van der Waals surface area contributed by atoms with Gasteiger partial charge in [0.2, 0.25) is 0 Å². The number of aromatic amines is 1. The average molecular weight is 414 g/mol. The van der Waals surface area contributed by atoms with Gasteiger partial charge < -0.3 is 14.6 Å². The van der Waals surface area contributed by atoms with Crippen molar-refractivity contribution in [3.8, 4) is 11.4 Å². The fraction of sp³-hybridized carbons (Fsp3) is 0.450. The molecule has 2 atom stereocenters. The van der Waals surface area contributed by atoms with Gasteiger partial charge in [-0.15, -0.1) is 0 Å². The van der Waals surface area contributed by atoms with Crippen molar-refractivity contribution in [1.82, 2.24) is 19.9 Å². The van der Waals surface area contributed by atoms with Gasteiger partial charge >= 0.3 is 0 Å². The summed E-state index contributed by atoms with van der Waals surface area (Å²) in [6.45, 7) is 4.04. The normalized spacial score (nSPS) is 24.2. The number of sulfone groups is 1. The molecule has 2 fully saturated rings. The van der Waals surface area contributed by atoms with Crippen LogP contribution in [0, 0.1) is 0 Å². The number of morpholine rings is 1. The van der Waals surface area contributed by atoms with E-state index in [0.717, 1.165) is 22.4 Å². The third-order valence-corrected chi connectivity index (χ3v) is 7.96. The zero-order valence-electron chi connectivity index (χ0n) is 16.2. The molecular formula is C20H23N5O3S. The van der Waals surface area contributed by atoms with Crippen LogP contribution in [0.2, 0.25) is 0 Å². The largest absolute Gasteiger partial charge is 0.377 e. The standard InChI is InChI=1S/C20H23N5O3S/c1-13-12-28-9-8-25(13)18-11-16(17-3-2-10-29(17,26)27)23-20(24-18)15-5-7-22-19-14(15)4-6-21-19/h4-7,11,13,17H,2-3,8-10,12H2,1H3,(H,21,22). The zero-order valence-corrected chi connectivity index (χ0v) is 17.0. The molecule has 9 heteroatoms. The average Bonchev–Trinajstić information content (AvgIpc) is 3.33. The van der Waals surface area contributed by atoms with E-state index in [9.17, 15) is 8.42 Å². The Balaban J connectivity index is 1.69. The minimum absolute atomic E-state index is 0.157. The zero-order chi connectivity index (χ0) is 20.0. The van der Waals surface area contributed by atoms with Gasteiger partial charge in [-0.25, -0.2) is 23.4 Å². The summed E-state index contributed by atoms with van der Waals surface area (Å²) in [4.78, 5) is 19.2. The topological polar surface area (TPSA) is 101 Å². The Morgan fingerprint density at radius 3 is 2.97 bits per heavy atom. The molecule has 2 aliphatic heterocycles. The van der Waals surface area contributed by atoms with Gasteiger partial charge in [0.05, 0.1) is 30.7 Å². The molecule has 0 bridgehead atoms. The smallest absolute Gasteiger partial charge is 0.162 e. The van der Waals surface area contributed by atoms with E-state index in [-0.39, 0.29) is 11.8 Å². The van der Waals surface area contributed by atoms with Crippen LogP contribution in [0.4, 0.5) is 5.82 Å². The van der Waals surface area contributed by atoms with Gasteiger partial charge in [0.25, 0.3) is 0 Å². The summed E-state index contributed by atoms with van der Waals surface area (Å²) in [5, 5.41) is 0.350. The molecule has 0 spiro atoms. The first kappa shape index (κ1) is 18.5. The fourth-order valence-electron chi connectivity index (χ4n) is 4.23. The highest BCUT2D eigenvalue weighted by molar-refractivity contribution is 7.91. The molecule has 29 heavy (non-hydrogen) atoms. The summed E-state index contributed by atoms with van der Waals surface area (Å²) < 4.78 is 30.8. The van der Waals surface area contributed by atoms with Crippen LogP contribution in [-0.4, -0.2) is 59.9 Å². The number of rotatable bonds is 3. The number of anilines is 1. The number of H-pyrrole nitrogens is 1. The molecule has 3 aromatic rings. The second-order valence-corrected chi connectivity index (χ2v) is 9.99. The minimum Gasteiger partial charge on any atom is -0.377 e. The van der Waals surface area contributed by atoms with Crippen LogP contribution in [0.1, 0.15) is 30.7 Å². The highest BCUT2D eigenvalue weighted by Gasteiger charge is 2.35. The molecule has 2 aliphatic rings. The fourth-order valence-corrected chi connectivity index (χ4v) is 6.10. The van der Waals surface area contributed by atoms with E-state index in [0.29, 0.717) is 44.1 Å². The van der Waals surface area contributed by atoms with Gasteiger partial charge in [-0.1, -0.05) is 0 Å². The molecule has 0 aromatic carbocycles. The van der Waals surface area contributed by atoms with Crippen LogP contribution in [0.5, 0.6) is 0 Å². The van der Waals surface area contributed by atoms with Gasteiger partial charge in [0, 0.05) is 36.0 Å². The minimum atomic E-state index is -3.18. The van der Waals surface area contributed by atoms with Gasteiger partial charge in [0.15, 0.2) is 15.7 Å². The lowest BCUT2D eigenvalue weighted by Gasteiger charge is -2.34. The van der Waals surface area contributed by atoms with E-state index in [1.807, 2.05) is 24.4 Å². The third-order valence-electron chi connectivity index (χ3n) is 5.75. The highest BCUT2D eigenvalue weighted by atomic mass is 32.2. The Hall–Kier alpha value is -2.52. The van der Waals surface area contributed by atoms with Crippen molar-refractivity contribution in [2.24, 2.45) is 0 Å². The van der Waals surface area contributed by atoms with Gasteiger partial charge in [-0.2, -0.15) is 0 Å². The van der Waals surface area contributed by atoms with Crippen LogP contribution < -0.4 is 4.90 Å². The van der Waals surface area contributed by atoms with Gasteiger partial charge in [-0.05, 0) is 31.9 Å². The second-order valence-electron chi connectivity index (χ2n) is 7.69. The maximum atomic E-state index is 12.6. The number of hydrogen-bond acceptors (Lipinski definition) is 7. The highest BCUT2D eigenvalue weighted by Crippen LogP contribution is 2.36. The van der Waals surface area contributed by atoms with Gasteiger partial charge in [-0.3, -0.25) is 0 Å². The maximum absolute atomic E-state index is 12.6. The maximum Gasteiger partial charge on any atom is 0.162 e. The van der Waals surface area contributed by atoms with E-state index in [4.69, 9.17) is 14.7 Å². The molecule has 8 nitrogen and oxygen atoms in total. The van der Waals surface area contributed by atoms with Crippen LogP contribution in [-0.2, 0) is 14.6 Å². The number of hydrogen-bond donors (Lipinski definition) is 1. The molecule has 5 rings (SSSR count). The molecule has 0 saturated carbocycles. The number of pyridine rings is 1. The van der Waals surface area contributed by atoms with Crippen molar-refractivity contribution in [2.45, 2.75) is 31.1 Å². The number of nitrogens with one attached hydrogen (secondary N) is 1. The first-order valence-corrected chi connectivity index (χ1v) is 11.6. The number of nitrogens with zero attached hydrogens (tertiary/aromatic N) is 4. The first-order chi connectivity index (χ1) is 14.0. The molecule has 2 unspecified atom stereocenters. The van der Waals surface area contributed by atoms with Crippen molar-refractivity contribution in [2.75, 3.05) is 30.4 Å². The third kappa shape index (κ3) is 3.28. The SMILES string of the molecule is CC1COCCN1c1cc(C2CCCS2(=O)=O)nc(-c2ccnc3[nH]ccc23)n1. The van der Waals surface area contributed by atoms with Crippen LogP contribution in [0.3, 0.4) is 0 Å². The van der Waals surface area contributed by atoms with Crippen LogP contribution in [0.25, 0.3) is 22.4 Å². The molecule has 0 amide bonds. The van der Waals surface area contributed by atoms with E-state index in [1.54, 1.807) is 6.20 Å². The van der Waals surface area contributed by atoms with Crippen molar-refractivity contribution in [3.63, 3.8) is 0 Å². The predicted molar refractivity (Wildman–Crippen MR) is 111 cm³/mol. The lowest BCUT2D eigenvalue weighted by molar-refractivity contribution is 0.0985. The van der Waals surface area contributed by atoms with Crippen molar-refractivity contribution >= 4 is 26.7 Å². The first-order valence-electron chi connectivity index (χ1n) is 9.90. The van der Waals surface area contributed by atoms with Crippen molar-refractivity contribution < 1.29 is 13.2 Å². The van der Waals surface area contributed by atoms with E-state index < -0.39 is 15.1 Å². The number of ether oxygens (including phenoxy) is 1. The summed E-state index contributed by atoms with van der Waals surface area (Å²) in [5.41, 5.74) is 2.18. The quantitative estimate of drug-likeness (QED) is 0.704. The van der Waals surface area contributed by atoms with E-state index in [2.05, 4.69) is 21.8 Å². The van der Waals surface area contributed by atoms with Crippen LogP contribution >= 0.6 is 0 Å². The Morgan fingerprint density at radius 2 is 2.17 bits per heavy atom. The Labute approximate surface area is 169 Å².